The molecular weight excluding hydrogens is 246 g/mol. The minimum atomic E-state index is -0.773. The van der Waals surface area contributed by atoms with Gasteiger partial charge in [0.15, 0.2) is 0 Å². The van der Waals surface area contributed by atoms with E-state index in [2.05, 4.69) is 10.2 Å². The summed E-state index contributed by atoms with van der Waals surface area (Å²) >= 11 is 0. The van der Waals surface area contributed by atoms with Gasteiger partial charge in [0.2, 0.25) is 5.91 Å². The Balaban J connectivity index is 2.23. The summed E-state index contributed by atoms with van der Waals surface area (Å²) in [7, 11) is 0. The van der Waals surface area contributed by atoms with Crippen molar-refractivity contribution in [2.45, 2.75) is 39.3 Å². The zero-order valence-corrected chi connectivity index (χ0v) is 12.1. The Morgan fingerprint density at radius 2 is 1.74 bits per heavy atom. The molecule has 2 N–H and O–H groups in total. The fraction of sp³-hybridized carbons (Fsp3) is 0.846. The number of piperazine rings is 1. The predicted molar refractivity (Wildman–Crippen MR) is 73.0 cm³/mol. The van der Waals surface area contributed by atoms with Crippen LogP contribution in [0, 0.1) is 0 Å². The van der Waals surface area contributed by atoms with Gasteiger partial charge < -0.3 is 15.3 Å². The van der Waals surface area contributed by atoms with Crippen LogP contribution in [0.25, 0.3) is 0 Å². The molecule has 0 radical (unpaired) electrons. The van der Waals surface area contributed by atoms with E-state index in [1.165, 1.54) is 0 Å². The first-order valence-corrected chi connectivity index (χ1v) is 6.88. The van der Waals surface area contributed by atoms with Gasteiger partial charge in [0.05, 0.1) is 0 Å². The van der Waals surface area contributed by atoms with Gasteiger partial charge in [-0.15, -0.1) is 0 Å². The number of carboxylic acid groups (broad SMARTS) is 1. The quantitative estimate of drug-likeness (QED) is 0.711. The molecule has 1 atom stereocenters. The molecule has 1 heterocycles. The van der Waals surface area contributed by atoms with Gasteiger partial charge in [0.1, 0.15) is 6.04 Å². The molecule has 0 aromatic carbocycles. The molecule has 19 heavy (non-hydrogen) atoms. The average molecular weight is 271 g/mol. The first kappa shape index (κ1) is 15.9. The molecule has 1 saturated heterocycles. The molecule has 110 valence electrons. The molecule has 0 bridgehead atoms. The second-order valence-electron chi connectivity index (χ2n) is 5.36. The van der Waals surface area contributed by atoms with Crippen LogP contribution in [-0.4, -0.2) is 71.6 Å². The molecule has 0 aromatic rings. The first-order valence-electron chi connectivity index (χ1n) is 6.88. The predicted octanol–water partition coefficient (Wildman–Crippen LogP) is -0.00820. The topological polar surface area (TPSA) is 72.9 Å². The lowest BCUT2D eigenvalue weighted by Gasteiger charge is -2.36. The van der Waals surface area contributed by atoms with Crippen molar-refractivity contribution in [3.63, 3.8) is 0 Å². The molecule has 0 aliphatic carbocycles. The van der Waals surface area contributed by atoms with Gasteiger partial charge in [0, 0.05) is 45.2 Å². The van der Waals surface area contributed by atoms with Crippen molar-refractivity contribution in [2.75, 3.05) is 32.7 Å². The number of hydrogen-bond donors (Lipinski definition) is 2. The van der Waals surface area contributed by atoms with Gasteiger partial charge in [-0.3, -0.25) is 14.5 Å². The highest BCUT2D eigenvalue weighted by molar-refractivity contribution is 5.76. The highest BCUT2D eigenvalue weighted by Gasteiger charge is 2.25. The van der Waals surface area contributed by atoms with E-state index in [1.807, 2.05) is 18.7 Å². The van der Waals surface area contributed by atoms with E-state index >= 15 is 0 Å². The van der Waals surface area contributed by atoms with Crippen molar-refractivity contribution in [2.24, 2.45) is 0 Å². The number of nitrogens with one attached hydrogen (secondary N) is 1. The lowest BCUT2D eigenvalue weighted by atomic mass is 10.2. The smallest absolute Gasteiger partial charge is 0.320 e. The zero-order chi connectivity index (χ0) is 14.4. The number of aliphatic carboxylic acids is 1. The lowest BCUT2D eigenvalue weighted by Crippen LogP contribution is -2.52. The molecule has 1 amide bonds. The Morgan fingerprint density at radius 3 is 2.21 bits per heavy atom. The minimum absolute atomic E-state index is 0.0799. The normalized spacial score (nSPS) is 19.4. The van der Waals surface area contributed by atoms with Crippen LogP contribution in [0.3, 0.4) is 0 Å². The van der Waals surface area contributed by atoms with Crippen LogP contribution in [0.2, 0.25) is 0 Å². The van der Waals surface area contributed by atoms with E-state index in [1.54, 1.807) is 6.92 Å². The summed E-state index contributed by atoms with van der Waals surface area (Å²) in [6.07, 6.45) is 0.507. The van der Waals surface area contributed by atoms with E-state index in [4.69, 9.17) is 5.11 Å². The van der Waals surface area contributed by atoms with Gasteiger partial charge in [-0.1, -0.05) is 0 Å². The maximum absolute atomic E-state index is 11.5. The maximum Gasteiger partial charge on any atom is 0.320 e. The Hall–Kier alpha value is -1.14. The molecule has 0 aromatic heterocycles. The number of carboxylic acids is 1. The van der Waals surface area contributed by atoms with Crippen LogP contribution in [0.4, 0.5) is 0 Å². The molecule has 1 unspecified atom stereocenters. The van der Waals surface area contributed by atoms with E-state index < -0.39 is 12.0 Å². The zero-order valence-electron chi connectivity index (χ0n) is 12.1. The number of carbonyl (C=O) groups excluding carboxylic acids is 1. The number of nitrogens with zero attached hydrogens (tertiary/aromatic N) is 2. The molecule has 1 aliphatic heterocycles. The van der Waals surface area contributed by atoms with E-state index in [0.717, 1.165) is 32.7 Å². The van der Waals surface area contributed by atoms with Gasteiger partial charge in [-0.05, 0) is 20.8 Å². The van der Waals surface area contributed by atoms with Crippen LogP contribution < -0.4 is 5.32 Å². The monoisotopic (exact) mass is 271 g/mol. The van der Waals surface area contributed by atoms with Gasteiger partial charge >= 0.3 is 5.97 Å². The summed E-state index contributed by atoms with van der Waals surface area (Å²) in [6.45, 7) is 9.51. The summed E-state index contributed by atoms with van der Waals surface area (Å²) in [6, 6.07) is -0.243. The molecule has 0 spiro atoms. The molecule has 6 nitrogen and oxygen atoms in total. The third-order valence-corrected chi connectivity index (χ3v) is 3.42. The second kappa shape index (κ2) is 7.45. The first-order chi connectivity index (χ1) is 8.90. The third-order valence-electron chi connectivity index (χ3n) is 3.42. The summed E-state index contributed by atoms with van der Waals surface area (Å²) in [5, 5.41) is 11.8. The fourth-order valence-electron chi connectivity index (χ4n) is 2.18. The molecule has 0 saturated carbocycles. The molecule has 1 aliphatic rings. The van der Waals surface area contributed by atoms with Crippen molar-refractivity contribution in [1.82, 2.24) is 15.1 Å². The Morgan fingerprint density at radius 1 is 1.16 bits per heavy atom. The summed E-state index contributed by atoms with van der Waals surface area (Å²) in [5.41, 5.74) is 0. The van der Waals surface area contributed by atoms with Crippen molar-refractivity contribution >= 4 is 11.9 Å². The van der Waals surface area contributed by atoms with Crippen molar-refractivity contribution in [1.29, 1.82) is 0 Å². The summed E-state index contributed by atoms with van der Waals surface area (Å²) in [4.78, 5) is 26.6. The number of rotatable bonds is 6. The average Bonchev–Trinajstić information content (AvgIpc) is 2.35. The SMILES string of the molecule is CC(C)NC(=O)CCN1CCN(C(C)C(=O)O)CC1. The Labute approximate surface area is 114 Å². The largest absolute Gasteiger partial charge is 0.480 e. The van der Waals surface area contributed by atoms with Crippen LogP contribution in [-0.2, 0) is 9.59 Å². The van der Waals surface area contributed by atoms with Gasteiger partial charge in [0.25, 0.3) is 0 Å². The third kappa shape index (κ3) is 5.57. The number of amides is 1. The van der Waals surface area contributed by atoms with Crippen LogP contribution in [0.5, 0.6) is 0 Å². The second-order valence-corrected chi connectivity index (χ2v) is 5.36. The van der Waals surface area contributed by atoms with Crippen molar-refractivity contribution in [3.8, 4) is 0 Å². The fourth-order valence-corrected chi connectivity index (χ4v) is 2.18. The van der Waals surface area contributed by atoms with E-state index in [0.29, 0.717) is 6.42 Å². The van der Waals surface area contributed by atoms with E-state index in [9.17, 15) is 9.59 Å². The summed E-state index contributed by atoms with van der Waals surface area (Å²) < 4.78 is 0. The standard InChI is InChI=1S/C13H25N3O3/c1-10(2)14-12(17)4-5-15-6-8-16(9-7-15)11(3)13(18)19/h10-11H,4-9H2,1-3H3,(H,14,17)(H,18,19). The molecular formula is C13H25N3O3. The van der Waals surface area contributed by atoms with Crippen LogP contribution >= 0.6 is 0 Å². The number of hydrogen-bond acceptors (Lipinski definition) is 4. The highest BCUT2D eigenvalue weighted by Crippen LogP contribution is 2.07. The Kier molecular flexibility index (Phi) is 6.24. The Bertz CT molecular complexity index is 312. The molecule has 1 rings (SSSR count). The van der Waals surface area contributed by atoms with E-state index in [-0.39, 0.29) is 11.9 Å². The minimum Gasteiger partial charge on any atom is -0.480 e. The molecule has 1 fully saturated rings. The van der Waals surface area contributed by atoms with Gasteiger partial charge in [-0.25, -0.2) is 0 Å². The maximum atomic E-state index is 11.5. The molecule has 6 heteroatoms. The van der Waals surface area contributed by atoms with Gasteiger partial charge in [-0.2, -0.15) is 0 Å². The van der Waals surface area contributed by atoms with Crippen molar-refractivity contribution in [3.05, 3.63) is 0 Å². The highest BCUT2D eigenvalue weighted by atomic mass is 16.4. The number of carbonyl (C=O) groups is 2. The van der Waals surface area contributed by atoms with Crippen LogP contribution in [0.15, 0.2) is 0 Å². The van der Waals surface area contributed by atoms with Crippen molar-refractivity contribution < 1.29 is 14.7 Å². The summed E-state index contributed by atoms with van der Waals surface area (Å²) in [5.74, 6) is -0.693. The lowest BCUT2D eigenvalue weighted by molar-refractivity contribution is -0.143. The van der Waals surface area contributed by atoms with Crippen LogP contribution in [0.1, 0.15) is 27.2 Å².